The summed E-state index contributed by atoms with van der Waals surface area (Å²) in [6.45, 7) is 0.859. The molecular weight excluding hydrogens is 352 g/mol. The first-order valence-electron chi connectivity index (χ1n) is 8.67. The van der Waals surface area contributed by atoms with E-state index in [4.69, 9.17) is 4.74 Å². The number of ether oxygens (including phenoxy) is 1. The third-order valence-corrected chi connectivity index (χ3v) is 6.33. The number of rotatable bonds is 3. The van der Waals surface area contributed by atoms with Gasteiger partial charge in [-0.2, -0.15) is 0 Å². The fraction of sp³-hybridized carbons (Fsp3) is 0.316. The van der Waals surface area contributed by atoms with E-state index >= 15 is 0 Å². The van der Waals surface area contributed by atoms with Crippen LogP contribution in [0, 0.1) is 0 Å². The molecule has 0 spiro atoms. The van der Waals surface area contributed by atoms with Crippen molar-refractivity contribution in [2.75, 3.05) is 13.2 Å². The van der Waals surface area contributed by atoms with Crippen LogP contribution in [0.15, 0.2) is 47.4 Å². The first-order valence-corrected chi connectivity index (χ1v) is 10.2. The molecule has 0 fully saturated rings. The van der Waals surface area contributed by atoms with Gasteiger partial charge in [0.25, 0.3) is 5.91 Å². The molecule has 0 aliphatic carbocycles. The zero-order valence-electron chi connectivity index (χ0n) is 14.2. The van der Waals surface area contributed by atoms with Gasteiger partial charge >= 0.3 is 0 Å². The van der Waals surface area contributed by atoms with Gasteiger partial charge in [0, 0.05) is 12.1 Å². The Bertz CT molecular complexity index is 929. The Balaban J connectivity index is 1.53. The van der Waals surface area contributed by atoms with Gasteiger partial charge in [0.15, 0.2) is 0 Å². The Kier molecular flexibility index (Phi) is 4.42. The number of benzene rings is 2. The van der Waals surface area contributed by atoms with E-state index in [-0.39, 0.29) is 23.5 Å². The molecule has 1 atom stereocenters. The van der Waals surface area contributed by atoms with Gasteiger partial charge in [-0.15, -0.1) is 0 Å². The van der Waals surface area contributed by atoms with Crippen molar-refractivity contribution in [2.45, 2.75) is 30.2 Å². The molecule has 4 rings (SSSR count). The van der Waals surface area contributed by atoms with E-state index in [0.29, 0.717) is 24.9 Å². The van der Waals surface area contributed by atoms with E-state index < -0.39 is 10.0 Å². The summed E-state index contributed by atoms with van der Waals surface area (Å²) in [6.07, 6.45) is 2.11. The summed E-state index contributed by atoms with van der Waals surface area (Å²) in [4.78, 5) is 12.1. The van der Waals surface area contributed by atoms with E-state index in [2.05, 4.69) is 10.0 Å². The summed E-state index contributed by atoms with van der Waals surface area (Å²) < 4.78 is 34.0. The molecule has 136 valence electrons. The Labute approximate surface area is 152 Å². The molecule has 0 saturated heterocycles. The number of carbonyl (C=O) groups excluding carboxylic acids is 1. The quantitative estimate of drug-likeness (QED) is 0.858. The highest BCUT2D eigenvalue weighted by atomic mass is 32.2. The largest absolute Gasteiger partial charge is 0.492 e. The molecule has 26 heavy (non-hydrogen) atoms. The molecule has 1 amide bonds. The van der Waals surface area contributed by atoms with Crippen LogP contribution in [0.2, 0.25) is 0 Å². The molecule has 2 N–H and O–H groups in total. The van der Waals surface area contributed by atoms with Crippen molar-refractivity contribution in [2.24, 2.45) is 0 Å². The lowest BCUT2D eigenvalue weighted by Gasteiger charge is -2.19. The van der Waals surface area contributed by atoms with Crippen LogP contribution in [0.4, 0.5) is 0 Å². The monoisotopic (exact) mass is 372 g/mol. The number of carbonyl (C=O) groups is 1. The summed E-state index contributed by atoms with van der Waals surface area (Å²) in [7, 11) is -3.73. The number of amides is 1. The summed E-state index contributed by atoms with van der Waals surface area (Å²) in [5.41, 5.74) is 2.39. The number of para-hydroxylation sites is 1. The second-order valence-electron chi connectivity index (χ2n) is 6.60. The Hall–Kier alpha value is -2.38. The molecule has 6 nitrogen and oxygen atoms in total. The Morgan fingerprint density at radius 3 is 2.81 bits per heavy atom. The highest BCUT2D eigenvalue weighted by Crippen LogP contribution is 2.25. The first kappa shape index (κ1) is 17.1. The van der Waals surface area contributed by atoms with Crippen molar-refractivity contribution in [1.29, 1.82) is 0 Å². The third kappa shape index (κ3) is 3.32. The van der Waals surface area contributed by atoms with Gasteiger partial charge in [-0.3, -0.25) is 4.79 Å². The van der Waals surface area contributed by atoms with Crippen LogP contribution < -0.4 is 14.8 Å². The molecule has 2 aliphatic rings. The van der Waals surface area contributed by atoms with Crippen molar-refractivity contribution < 1.29 is 17.9 Å². The van der Waals surface area contributed by atoms with E-state index in [1.54, 1.807) is 12.1 Å². The maximum absolute atomic E-state index is 12.8. The minimum atomic E-state index is -3.73. The molecule has 7 heteroatoms. The number of hydrogen-bond donors (Lipinski definition) is 2. The van der Waals surface area contributed by atoms with Crippen LogP contribution in [-0.2, 0) is 22.9 Å². The predicted molar refractivity (Wildman–Crippen MR) is 96.8 cm³/mol. The molecule has 2 aromatic rings. The lowest BCUT2D eigenvalue weighted by molar-refractivity contribution is 0.0945. The number of nitrogens with one attached hydrogen (secondary N) is 2. The van der Waals surface area contributed by atoms with E-state index in [1.807, 2.05) is 24.3 Å². The van der Waals surface area contributed by atoms with Crippen molar-refractivity contribution in [3.05, 3.63) is 59.2 Å². The summed E-state index contributed by atoms with van der Waals surface area (Å²) in [5, 5.41) is 2.74. The maximum atomic E-state index is 12.8. The van der Waals surface area contributed by atoms with Gasteiger partial charge in [-0.05, 0) is 48.6 Å². The van der Waals surface area contributed by atoms with Crippen LogP contribution in [0.25, 0.3) is 0 Å². The predicted octanol–water partition coefficient (Wildman–Crippen LogP) is 1.64. The number of fused-ring (bicyclic) bond motifs is 2. The van der Waals surface area contributed by atoms with Crippen molar-refractivity contribution >= 4 is 15.9 Å². The molecule has 2 aliphatic heterocycles. The minimum absolute atomic E-state index is 0.107. The van der Waals surface area contributed by atoms with Gasteiger partial charge in [-0.25, -0.2) is 13.1 Å². The molecule has 2 heterocycles. The van der Waals surface area contributed by atoms with Crippen LogP contribution in [0.5, 0.6) is 5.75 Å². The van der Waals surface area contributed by atoms with Crippen LogP contribution in [0.1, 0.15) is 27.9 Å². The lowest BCUT2D eigenvalue weighted by Crippen LogP contribution is -2.39. The zero-order chi connectivity index (χ0) is 18.1. The normalized spacial score (nSPS) is 19.5. The number of aryl methyl sites for hydroxylation is 1. The highest BCUT2D eigenvalue weighted by molar-refractivity contribution is 7.89. The highest BCUT2D eigenvalue weighted by Gasteiger charge is 2.25. The van der Waals surface area contributed by atoms with E-state index in [1.165, 1.54) is 6.07 Å². The molecule has 1 unspecified atom stereocenters. The smallest absolute Gasteiger partial charge is 0.251 e. The van der Waals surface area contributed by atoms with Crippen molar-refractivity contribution in [3.8, 4) is 5.75 Å². The van der Waals surface area contributed by atoms with Gasteiger partial charge in [0.05, 0.1) is 10.9 Å². The maximum Gasteiger partial charge on any atom is 0.251 e. The topological polar surface area (TPSA) is 84.5 Å². The fourth-order valence-corrected chi connectivity index (χ4v) is 4.67. The minimum Gasteiger partial charge on any atom is -0.492 e. The lowest BCUT2D eigenvalue weighted by atomic mass is 10.0. The summed E-state index contributed by atoms with van der Waals surface area (Å²) in [6, 6.07) is 12.2. The third-order valence-electron chi connectivity index (χ3n) is 4.81. The van der Waals surface area contributed by atoms with Gasteiger partial charge in [-0.1, -0.05) is 24.3 Å². The van der Waals surface area contributed by atoms with Gasteiger partial charge in [0.2, 0.25) is 10.0 Å². The SMILES string of the molecule is O=C1NCCc2ccc(S(=O)(=O)NC3CCc4ccccc4OC3)cc21. The molecule has 0 saturated carbocycles. The number of sulfonamides is 1. The molecule has 2 aromatic carbocycles. The average molecular weight is 372 g/mol. The summed E-state index contributed by atoms with van der Waals surface area (Å²) >= 11 is 0. The first-order chi connectivity index (χ1) is 12.5. The second-order valence-corrected chi connectivity index (χ2v) is 8.31. The molecule has 0 radical (unpaired) electrons. The van der Waals surface area contributed by atoms with E-state index in [9.17, 15) is 13.2 Å². The second kappa shape index (κ2) is 6.74. The number of hydrogen-bond acceptors (Lipinski definition) is 4. The molecular formula is C19H20N2O4S. The van der Waals surface area contributed by atoms with Crippen molar-refractivity contribution in [3.63, 3.8) is 0 Å². The Morgan fingerprint density at radius 2 is 1.92 bits per heavy atom. The van der Waals surface area contributed by atoms with Gasteiger partial charge in [0.1, 0.15) is 12.4 Å². The van der Waals surface area contributed by atoms with Crippen LogP contribution in [-0.4, -0.2) is 33.5 Å². The standard InChI is InChI=1S/C19H20N2O4S/c22-19-17-11-16(8-6-13(17)9-10-20-19)26(23,24)21-15-7-5-14-3-1-2-4-18(14)25-12-15/h1-4,6,8,11,15,21H,5,7,9-10,12H2,(H,20,22). The molecule has 0 aromatic heterocycles. The molecule has 0 bridgehead atoms. The summed E-state index contributed by atoms with van der Waals surface area (Å²) in [5.74, 6) is 0.580. The van der Waals surface area contributed by atoms with E-state index in [0.717, 1.165) is 23.3 Å². The van der Waals surface area contributed by atoms with Gasteiger partial charge < -0.3 is 10.1 Å². The Morgan fingerprint density at radius 1 is 1.08 bits per heavy atom. The zero-order valence-corrected chi connectivity index (χ0v) is 15.0. The average Bonchev–Trinajstić information content (AvgIpc) is 2.84. The fourth-order valence-electron chi connectivity index (χ4n) is 3.39. The van der Waals surface area contributed by atoms with Crippen LogP contribution in [0.3, 0.4) is 0 Å². The van der Waals surface area contributed by atoms with Crippen LogP contribution >= 0.6 is 0 Å². The van der Waals surface area contributed by atoms with Crippen molar-refractivity contribution in [1.82, 2.24) is 10.0 Å².